The van der Waals surface area contributed by atoms with Gasteiger partial charge in [0, 0.05) is 14.7 Å². The van der Waals surface area contributed by atoms with E-state index in [1.54, 1.807) is 11.3 Å². The van der Waals surface area contributed by atoms with Crippen molar-refractivity contribution in [1.29, 1.82) is 0 Å². The van der Waals surface area contributed by atoms with Gasteiger partial charge in [-0.25, -0.2) is 0 Å². The van der Waals surface area contributed by atoms with Gasteiger partial charge in [0.15, 0.2) is 0 Å². The van der Waals surface area contributed by atoms with Gasteiger partial charge in [-0.2, -0.15) is 0 Å². The maximum absolute atomic E-state index is 5.18. The van der Waals surface area contributed by atoms with E-state index in [9.17, 15) is 0 Å². The van der Waals surface area contributed by atoms with Gasteiger partial charge >= 0.3 is 0 Å². The van der Waals surface area contributed by atoms with Gasteiger partial charge < -0.3 is 5.73 Å². The molecule has 1 aromatic rings. The van der Waals surface area contributed by atoms with Crippen molar-refractivity contribution < 1.29 is 0 Å². The third-order valence-electron chi connectivity index (χ3n) is 0.848. The molecule has 3 heteroatoms. The standard InChI is InChI=1S/C6H6BrNS/c7-5-3-6(1-2-8)9-4-5/h1-4H,8H2/b2-1+. The van der Waals surface area contributed by atoms with Crippen LogP contribution in [-0.4, -0.2) is 0 Å². The van der Waals surface area contributed by atoms with Crippen LogP contribution in [0.15, 0.2) is 22.1 Å². The summed E-state index contributed by atoms with van der Waals surface area (Å²) in [5.74, 6) is 0. The molecule has 0 aliphatic rings. The van der Waals surface area contributed by atoms with Crippen LogP contribution in [0, 0.1) is 0 Å². The van der Waals surface area contributed by atoms with Crippen molar-refractivity contribution in [3.63, 3.8) is 0 Å². The van der Waals surface area contributed by atoms with Crippen molar-refractivity contribution >= 4 is 33.3 Å². The van der Waals surface area contributed by atoms with Gasteiger partial charge in [-0.05, 0) is 34.3 Å². The summed E-state index contributed by atoms with van der Waals surface area (Å²) in [6, 6.07) is 2.02. The first-order valence-corrected chi connectivity index (χ1v) is 4.12. The van der Waals surface area contributed by atoms with Crippen molar-refractivity contribution in [3.05, 3.63) is 27.0 Å². The number of halogens is 1. The number of hydrogen-bond acceptors (Lipinski definition) is 2. The zero-order valence-electron chi connectivity index (χ0n) is 4.67. The van der Waals surface area contributed by atoms with E-state index < -0.39 is 0 Å². The number of thiophene rings is 1. The lowest BCUT2D eigenvalue weighted by molar-refractivity contribution is 1.64. The minimum absolute atomic E-state index is 1.11. The molecule has 0 bridgehead atoms. The largest absolute Gasteiger partial charge is 0.405 e. The minimum atomic E-state index is 1.11. The SMILES string of the molecule is N/C=C/c1cc(Br)cs1. The highest BCUT2D eigenvalue weighted by atomic mass is 79.9. The first-order valence-electron chi connectivity index (χ1n) is 2.45. The van der Waals surface area contributed by atoms with Crippen molar-refractivity contribution in [3.8, 4) is 0 Å². The van der Waals surface area contributed by atoms with Gasteiger partial charge in [-0.3, -0.25) is 0 Å². The van der Waals surface area contributed by atoms with Crippen LogP contribution in [0.4, 0.5) is 0 Å². The van der Waals surface area contributed by atoms with Crippen molar-refractivity contribution in [2.45, 2.75) is 0 Å². The van der Waals surface area contributed by atoms with Gasteiger partial charge in [0.05, 0.1) is 0 Å². The lowest BCUT2D eigenvalue weighted by atomic mass is 10.5. The van der Waals surface area contributed by atoms with E-state index in [4.69, 9.17) is 5.73 Å². The molecule has 0 aliphatic heterocycles. The molecule has 0 unspecified atom stereocenters. The Hall–Kier alpha value is -0.280. The van der Waals surface area contributed by atoms with E-state index in [-0.39, 0.29) is 0 Å². The molecule has 48 valence electrons. The van der Waals surface area contributed by atoms with Crippen molar-refractivity contribution in [2.24, 2.45) is 5.73 Å². The molecule has 0 amide bonds. The second-order valence-electron chi connectivity index (χ2n) is 1.53. The Labute approximate surface area is 66.3 Å². The van der Waals surface area contributed by atoms with E-state index in [1.165, 1.54) is 11.1 Å². The van der Waals surface area contributed by atoms with E-state index in [0.29, 0.717) is 0 Å². The molecule has 1 rings (SSSR count). The Morgan fingerprint density at radius 2 is 2.44 bits per heavy atom. The molecule has 1 nitrogen and oxygen atoms in total. The van der Waals surface area contributed by atoms with E-state index in [0.717, 1.165) is 4.47 Å². The fourth-order valence-electron chi connectivity index (χ4n) is 0.511. The van der Waals surface area contributed by atoms with Crippen LogP contribution in [0.3, 0.4) is 0 Å². The van der Waals surface area contributed by atoms with Crippen LogP contribution in [0.1, 0.15) is 4.88 Å². The fraction of sp³-hybridized carbons (Fsp3) is 0. The van der Waals surface area contributed by atoms with Gasteiger partial charge in [-0.15, -0.1) is 11.3 Å². The maximum Gasteiger partial charge on any atom is 0.0296 e. The van der Waals surface area contributed by atoms with E-state index in [2.05, 4.69) is 15.9 Å². The summed E-state index contributed by atoms with van der Waals surface area (Å²) in [6.07, 6.45) is 3.41. The highest BCUT2D eigenvalue weighted by molar-refractivity contribution is 9.10. The summed E-state index contributed by atoms with van der Waals surface area (Å²) < 4.78 is 1.11. The Kier molecular flexibility index (Phi) is 2.30. The van der Waals surface area contributed by atoms with Crippen LogP contribution in [0.5, 0.6) is 0 Å². The van der Waals surface area contributed by atoms with Crippen molar-refractivity contribution in [2.75, 3.05) is 0 Å². The molecular weight excluding hydrogens is 198 g/mol. The summed E-state index contributed by atoms with van der Waals surface area (Å²) in [4.78, 5) is 1.17. The van der Waals surface area contributed by atoms with Gasteiger partial charge in [0.1, 0.15) is 0 Å². The summed E-state index contributed by atoms with van der Waals surface area (Å²) >= 11 is 5.00. The minimum Gasteiger partial charge on any atom is -0.405 e. The van der Waals surface area contributed by atoms with Crippen LogP contribution >= 0.6 is 27.3 Å². The second kappa shape index (κ2) is 3.03. The Bertz CT molecular complexity index is 217. The highest BCUT2D eigenvalue weighted by Gasteiger charge is 1.89. The van der Waals surface area contributed by atoms with E-state index >= 15 is 0 Å². The zero-order valence-corrected chi connectivity index (χ0v) is 7.08. The Morgan fingerprint density at radius 1 is 1.67 bits per heavy atom. The van der Waals surface area contributed by atoms with Gasteiger partial charge in [0.25, 0.3) is 0 Å². The predicted molar refractivity (Wildman–Crippen MR) is 45.2 cm³/mol. The first kappa shape index (κ1) is 6.83. The molecule has 2 N–H and O–H groups in total. The first-order chi connectivity index (χ1) is 4.33. The quantitative estimate of drug-likeness (QED) is 0.746. The molecule has 0 spiro atoms. The fourth-order valence-corrected chi connectivity index (χ4v) is 1.86. The Balaban J connectivity index is 2.85. The summed E-state index contributed by atoms with van der Waals surface area (Å²) in [5, 5.41) is 2.02. The zero-order chi connectivity index (χ0) is 6.69. The third-order valence-corrected chi connectivity index (χ3v) is 2.51. The molecule has 0 saturated carbocycles. The molecule has 0 saturated heterocycles. The lowest BCUT2D eigenvalue weighted by Gasteiger charge is -1.76. The molecular formula is C6H6BrNS. The molecule has 0 radical (unpaired) electrons. The number of nitrogens with two attached hydrogens (primary N) is 1. The molecule has 0 aromatic carbocycles. The third kappa shape index (κ3) is 1.84. The molecule has 9 heavy (non-hydrogen) atoms. The summed E-state index contributed by atoms with van der Waals surface area (Å²) in [6.45, 7) is 0. The number of hydrogen-bond donors (Lipinski definition) is 1. The molecule has 0 fully saturated rings. The molecule has 0 aliphatic carbocycles. The monoisotopic (exact) mass is 203 g/mol. The Morgan fingerprint density at radius 3 is 2.89 bits per heavy atom. The molecule has 1 heterocycles. The smallest absolute Gasteiger partial charge is 0.0296 e. The van der Waals surface area contributed by atoms with Crippen molar-refractivity contribution in [1.82, 2.24) is 0 Å². The summed E-state index contributed by atoms with van der Waals surface area (Å²) in [7, 11) is 0. The second-order valence-corrected chi connectivity index (χ2v) is 3.38. The van der Waals surface area contributed by atoms with Crippen LogP contribution in [-0.2, 0) is 0 Å². The van der Waals surface area contributed by atoms with Crippen LogP contribution in [0.25, 0.3) is 6.08 Å². The average molecular weight is 204 g/mol. The normalized spacial score (nSPS) is 10.8. The van der Waals surface area contributed by atoms with Gasteiger partial charge in [-0.1, -0.05) is 0 Å². The molecule has 1 aromatic heterocycles. The predicted octanol–water partition coefficient (Wildman–Crippen LogP) is 2.44. The molecule has 0 atom stereocenters. The van der Waals surface area contributed by atoms with Crippen LogP contribution < -0.4 is 5.73 Å². The van der Waals surface area contributed by atoms with E-state index in [1.807, 2.05) is 17.5 Å². The summed E-state index contributed by atoms with van der Waals surface area (Å²) in [5.41, 5.74) is 5.18. The van der Waals surface area contributed by atoms with Crippen LogP contribution in [0.2, 0.25) is 0 Å². The lowest BCUT2D eigenvalue weighted by Crippen LogP contribution is -1.72. The highest BCUT2D eigenvalue weighted by Crippen LogP contribution is 2.20. The number of rotatable bonds is 1. The average Bonchev–Trinajstić information content (AvgIpc) is 2.17. The maximum atomic E-state index is 5.18. The topological polar surface area (TPSA) is 26.0 Å². The van der Waals surface area contributed by atoms with Gasteiger partial charge in [0.2, 0.25) is 0 Å².